The van der Waals surface area contributed by atoms with Crippen LogP contribution in [0.1, 0.15) is 0 Å². The van der Waals surface area contributed by atoms with E-state index in [1.54, 1.807) is 17.2 Å². The lowest BCUT2D eigenvalue weighted by atomic mass is 10.5. The first-order valence-corrected chi connectivity index (χ1v) is 3.10. The summed E-state index contributed by atoms with van der Waals surface area (Å²) in [6.45, 7) is 8.17. The fraction of sp³-hybridized carbons (Fsp3) is 0.429. The number of hydrazine groups is 1. The third kappa shape index (κ3) is 5.61. The molecule has 3 nitrogen and oxygen atoms in total. The SMILES string of the molecule is C=CCN(CC=C)[N+](C)=O.Cl. The second-order valence-electron chi connectivity index (χ2n) is 1.91. The van der Waals surface area contributed by atoms with Gasteiger partial charge in [-0.3, -0.25) is 0 Å². The maximum Gasteiger partial charge on any atom is 0.216 e. The van der Waals surface area contributed by atoms with Crippen molar-refractivity contribution in [2.75, 3.05) is 20.1 Å². The molecule has 0 aliphatic heterocycles. The van der Waals surface area contributed by atoms with E-state index in [0.717, 1.165) is 4.87 Å². The fourth-order valence-corrected chi connectivity index (χ4v) is 0.603. The number of halogens is 1. The summed E-state index contributed by atoms with van der Waals surface area (Å²) in [5, 5.41) is 1.57. The highest BCUT2D eigenvalue weighted by atomic mass is 35.5. The lowest BCUT2D eigenvalue weighted by molar-refractivity contribution is -0.681. The molecule has 0 bridgehead atoms. The maximum atomic E-state index is 10.7. The Balaban J connectivity index is 0. The Bertz CT molecular complexity index is 137. The zero-order chi connectivity index (χ0) is 7.98. The van der Waals surface area contributed by atoms with Gasteiger partial charge in [0.15, 0.2) is 0 Å². The van der Waals surface area contributed by atoms with E-state index in [2.05, 4.69) is 13.2 Å². The highest BCUT2D eigenvalue weighted by molar-refractivity contribution is 5.85. The summed E-state index contributed by atoms with van der Waals surface area (Å²) in [5.74, 6) is 0. The van der Waals surface area contributed by atoms with Crippen molar-refractivity contribution in [1.29, 1.82) is 0 Å². The molecule has 0 heterocycles. The zero-order valence-corrected chi connectivity index (χ0v) is 7.51. The van der Waals surface area contributed by atoms with Gasteiger partial charge < -0.3 is 0 Å². The summed E-state index contributed by atoms with van der Waals surface area (Å²) < 4.78 is 0. The third-order valence-corrected chi connectivity index (χ3v) is 1.08. The van der Waals surface area contributed by atoms with Crippen LogP contribution in [0.3, 0.4) is 0 Å². The second-order valence-corrected chi connectivity index (χ2v) is 1.91. The smallest absolute Gasteiger partial charge is 0.147 e. The number of nitrogens with zero attached hydrogens (tertiary/aromatic N) is 2. The highest BCUT2D eigenvalue weighted by Gasteiger charge is 2.08. The van der Waals surface area contributed by atoms with Gasteiger partial charge in [0, 0.05) is 0 Å². The molecule has 0 fully saturated rings. The molecule has 0 aliphatic carbocycles. The van der Waals surface area contributed by atoms with Gasteiger partial charge in [0.1, 0.15) is 4.87 Å². The predicted molar refractivity (Wildman–Crippen MR) is 48.8 cm³/mol. The minimum atomic E-state index is 0. The fourth-order valence-electron chi connectivity index (χ4n) is 0.603. The van der Waals surface area contributed by atoms with Crippen LogP contribution in [-0.4, -0.2) is 30.0 Å². The van der Waals surface area contributed by atoms with E-state index in [0.29, 0.717) is 13.1 Å². The van der Waals surface area contributed by atoms with Crippen LogP contribution in [0, 0.1) is 4.91 Å². The van der Waals surface area contributed by atoms with Crippen molar-refractivity contribution in [3.05, 3.63) is 30.2 Å². The third-order valence-electron chi connectivity index (χ3n) is 1.08. The van der Waals surface area contributed by atoms with Gasteiger partial charge in [-0.25, -0.2) is 0 Å². The highest BCUT2D eigenvalue weighted by Crippen LogP contribution is 1.86. The Kier molecular flexibility index (Phi) is 8.48. The molecule has 0 aromatic heterocycles. The molecular weight excluding hydrogens is 164 g/mol. The standard InChI is InChI=1S/C7H13N2O.ClH/c1-4-6-9(7-5-2)8(3)10;/h4-5H,1-2,6-7H2,3H3;1H/q+1;. The summed E-state index contributed by atoms with van der Waals surface area (Å²) >= 11 is 0. The van der Waals surface area contributed by atoms with Gasteiger partial charge in [0.05, 0.1) is 18.0 Å². The predicted octanol–water partition coefficient (Wildman–Crippen LogP) is 1.41. The van der Waals surface area contributed by atoms with Crippen molar-refractivity contribution in [3.63, 3.8) is 0 Å². The largest absolute Gasteiger partial charge is 0.216 e. The summed E-state index contributed by atoms with van der Waals surface area (Å²) in [5.41, 5.74) is 0. The second kappa shape index (κ2) is 7.28. The van der Waals surface area contributed by atoms with Crippen molar-refractivity contribution in [2.24, 2.45) is 0 Å². The average molecular weight is 178 g/mol. The lowest BCUT2D eigenvalue weighted by Crippen LogP contribution is -2.31. The molecule has 0 unspecified atom stereocenters. The molecule has 0 aromatic rings. The van der Waals surface area contributed by atoms with Gasteiger partial charge in [0.25, 0.3) is 0 Å². The van der Waals surface area contributed by atoms with E-state index in [9.17, 15) is 4.91 Å². The van der Waals surface area contributed by atoms with Gasteiger partial charge in [-0.15, -0.1) is 30.6 Å². The molecule has 0 N–H and O–H groups in total. The van der Waals surface area contributed by atoms with Crippen LogP contribution < -0.4 is 0 Å². The van der Waals surface area contributed by atoms with Gasteiger partial charge in [-0.2, -0.15) is 0 Å². The van der Waals surface area contributed by atoms with Crippen molar-refractivity contribution in [1.82, 2.24) is 5.01 Å². The molecule has 0 radical (unpaired) electrons. The molecule has 0 aliphatic rings. The molecule has 0 spiro atoms. The first kappa shape index (κ1) is 12.8. The summed E-state index contributed by atoms with van der Waals surface area (Å²) in [4.78, 5) is 11.5. The summed E-state index contributed by atoms with van der Waals surface area (Å²) in [7, 11) is 1.45. The van der Waals surface area contributed by atoms with E-state index in [1.807, 2.05) is 0 Å². The van der Waals surface area contributed by atoms with E-state index in [1.165, 1.54) is 7.05 Å². The van der Waals surface area contributed by atoms with E-state index in [4.69, 9.17) is 0 Å². The number of nitroso groups, excluding NO2 is 1. The summed E-state index contributed by atoms with van der Waals surface area (Å²) in [6.07, 6.45) is 3.36. The normalized spacial score (nSPS) is 7.73. The molecule has 0 saturated carbocycles. The van der Waals surface area contributed by atoms with Crippen LogP contribution >= 0.6 is 12.4 Å². The Labute approximate surface area is 73.3 Å². The van der Waals surface area contributed by atoms with Crippen LogP contribution in [0.15, 0.2) is 25.3 Å². The van der Waals surface area contributed by atoms with Crippen LogP contribution in [0.4, 0.5) is 0 Å². The monoisotopic (exact) mass is 177 g/mol. The Morgan fingerprint density at radius 3 is 1.91 bits per heavy atom. The quantitative estimate of drug-likeness (QED) is 0.360. The van der Waals surface area contributed by atoms with E-state index < -0.39 is 0 Å². The molecule has 11 heavy (non-hydrogen) atoms. The van der Waals surface area contributed by atoms with Gasteiger partial charge >= 0.3 is 0 Å². The van der Waals surface area contributed by atoms with Crippen molar-refractivity contribution >= 4 is 12.4 Å². The van der Waals surface area contributed by atoms with Gasteiger partial charge in [-0.05, 0) is 0 Å². The topological polar surface area (TPSA) is 23.3 Å². The first-order chi connectivity index (χ1) is 4.72. The summed E-state index contributed by atoms with van der Waals surface area (Å²) in [6, 6.07) is 0. The average Bonchev–Trinajstić information content (AvgIpc) is 1.87. The van der Waals surface area contributed by atoms with Crippen LogP contribution in [0.2, 0.25) is 0 Å². The Morgan fingerprint density at radius 1 is 1.36 bits per heavy atom. The van der Waals surface area contributed by atoms with Crippen LogP contribution in [0.25, 0.3) is 0 Å². The van der Waals surface area contributed by atoms with Crippen molar-refractivity contribution in [3.8, 4) is 0 Å². The minimum absolute atomic E-state index is 0. The number of hydrogen-bond acceptors (Lipinski definition) is 1. The molecule has 0 saturated heterocycles. The molecule has 0 amide bonds. The first-order valence-electron chi connectivity index (χ1n) is 3.10. The molecule has 4 heteroatoms. The van der Waals surface area contributed by atoms with Crippen molar-refractivity contribution in [2.45, 2.75) is 0 Å². The van der Waals surface area contributed by atoms with E-state index >= 15 is 0 Å². The van der Waals surface area contributed by atoms with E-state index in [-0.39, 0.29) is 12.4 Å². The number of hydrogen-bond donors (Lipinski definition) is 0. The maximum absolute atomic E-state index is 10.7. The van der Waals surface area contributed by atoms with Gasteiger partial charge in [-0.1, -0.05) is 12.2 Å². The molecule has 0 atom stereocenters. The minimum Gasteiger partial charge on any atom is -0.147 e. The van der Waals surface area contributed by atoms with Gasteiger partial charge in [0.2, 0.25) is 7.05 Å². The lowest BCUT2D eigenvalue weighted by Gasteiger charge is -2.06. The molecular formula is C7H14ClN2O+. The molecule has 0 aromatic carbocycles. The number of rotatable bonds is 5. The van der Waals surface area contributed by atoms with Crippen molar-refractivity contribution < 1.29 is 4.87 Å². The Morgan fingerprint density at radius 2 is 1.73 bits per heavy atom. The van der Waals surface area contributed by atoms with Crippen LogP contribution in [-0.2, 0) is 0 Å². The molecule has 0 rings (SSSR count). The zero-order valence-electron chi connectivity index (χ0n) is 6.69. The Hall–Kier alpha value is -0.830. The van der Waals surface area contributed by atoms with Crippen LogP contribution in [0.5, 0.6) is 0 Å². The molecule has 64 valence electrons.